The summed E-state index contributed by atoms with van der Waals surface area (Å²) in [6.45, 7) is 1.56. The lowest BCUT2D eigenvalue weighted by molar-refractivity contribution is 0.101. The van der Waals surface area contributed by atoms with E-state index >= 15 is 0 Å². The molecule has 1 aromatic carbocycles. The molecule has 0 unspecified atom stereocenters. The second-order valence-electron chi connectivity index (χ2n) is 5.90. The zero-order valence-electron chi connectivity index (χ0n) is 14.9. The Kier molecular flexibility index (Phi) is 5.78. The SMILES string of the molecule is Cc1cc(F)c(C(=O)Nc2ccc(C(F)F)cn2)cc1NC(=O)c1cnc(N)s1. The Morgan fingerprint density at radius 2 is 1.86 bits per heavy atom. The van der Waals surface area contributed by atoms with Crippen molar-refractivity contribution in [3.8, 4) is 0 Å². The van der Waals surface area contributed by atoms with Gasteiger partial charge in [-0.2, -0.15) is 0 Å². The summed E-state index contributed by atoms with van der Waals surface area (Å²) in [5.74, 6) is -2.20. The fraction of sp³-hybridized carbons (Fsp3) is 0.111. The molecule has 2 heterocycles. The van der Waals surface area contributed by atoms with Crippen molar-refractivity contribution in [2.75, 3.05) is 16.4 Å². The number of benzene rings is 1. The van der Waals surface area contributed by atoms with Crippen molar-refractivity contribution in [2.45, 2.75) is 13.3 Å². The third-order valence-corrected chi connectivity index (χ3v) is 4.66. The lowest BCUT2D eigenvalue weighted by atomic mass is 10.1. The van der Waals surface area contributed by atoms with E-state index in [4.69, 9.17) is 5.73 Å². The first kappa shape index (κ1) is 20.3. The van der Waals surface area contributed by atoms with Crippen molar-refractivity contribution >= 4 is 39.8 Å². The summed E-state index contributed by atoms with van der Waals surface area (Å²) in [7, 11) is 0. The Bertz CT molecular complexity index is 1070. The molecule has 11 heteroatoms. The molecule has 0 saturated heterocycles. The smallest absolute Gasteiger partial charge is 0.267 e. The van der Waals surface area contributed by atoms with E-state index in [0.29, 0.717) is 5.56 Å². The van der Waals surface area contributed by atoms with Crippen molar-refractivity contribution in [2.24, 2.45) is 0 Å². The van der Waals surface area contributed by atoms with Crippen LogP contribution in [-0.2, 0) is 0 Å². The van der Waals surface area contributed by atoms with Gasteiger partial charge in [-0.15, -0.1) is 0 Å². The number of rotatable bonds is 5. The molecule has 2 aromatic heterocycles. The number of nitrogens with zero attached hydrogens (tertiary/aromatic N) is 2. The van der Waals surface area contributed by atoms with Crippen molar-refractivity contribution in [1.82, 2.24) is 9.97 Å². The number of amides is 2. The lowest BCUT2D eigenvalue weighted by Crippen LogP contribution is -2.17. The highest BCUT2D eigenvalue weighted by Crippen LogP contribution is 2.24. The molecule has 0 aliphatic heterocycles. The molecule has 4 N–H and O–H groups in total. The molecule has 0 bridgehead atoms. The van der Waals surface area contributed by atoms with E-state index in [-0.39, 0.29) is 32.6 Å². The van der Waals surface area contributed by atoms with Crippen molar-refractivity contribution < 1.29 is 22.8 Å². The van der Waals surface area contributed by atoms with Gasteiger partial charge in [-0.25, -0.2) is 23.1 Å². The molecule has 3 aromatic rings. The lowest BCUT2D eigenvalue weighted by Gasteiger charge is -2.11. The van der Waals surface area contributed by atoms with Crippen LogP contribution in [0.15, 0.2) is 36.7 Å². The molecule has 0 aliphatic rings. The van der Waals surface area contributed by atoms with E-state index in [0.717, 1.165) is 29.7 Å². The molecular formula is C18H14F3N5O2S. The minimum Gasteiger partial charge on any atom is -0.375 e. The second kappa shape index (κ2) is 8.27. The minimum atomic E-state index is -2.69. The van der Waals surface area contributed by atoms with Crippen molar-refractivity contribution in [1.29, 1.82) is 0 Å². The number of halogens is 3. The van der Waals surface area contributed by atoms with Crippen LogP contribution in [0.4, 0.5) is 29.8 Å². The second-order valence-corrected chi connectivity index (χ2v) is 6.96. The number of carbonyl (C=O) groups is 2. The average molecular weight is 421 g/mol. The predicted octanol–water partition coefficient (Wildman–Crippen LogP) is 4.01. The van der Waals surface area contributed by atoms with Crippen LogP contribution in [0, 0.1) is 12.7 Å². The van der Waals surface area contributed by atoms with E-state index < -0.39 is 24.1 Å². The molecule has 3 rings (SSSR count). The summed E-state index contributed by atoms with van der Waals surface area (Å²) in [6, 6.07) is 4.56. The number of carbonyl (C=O) groups excluding carboxylic acids is 2. The van der Waals surface area contributed by atoms with Gasteiger partial charge in [0.15, 0.2) is 5.13 Å². The molecule has 2 amide bonds. The first-order valence-corrected chi connectivity index (χ1v) is 8.94. The number of aromatic nitrogens is 2. The van der Waals surface area contributed by atoms with E-state index in [1.807, 2.05) is 0 Å². The Balaban J connectivity index is 1.80. The molecule has 7 nitrogen and oxygen atoms in total. The number of nitrogens with one attached hydrogen (secondary N) is 2. The predicted molar refractivity (Wildman–Crippen MR) is 103 cm³/mol. The van der Waals surface area contributed by atoms with Crippen LogP contribution in [0.5, 0.6) is 0 Å². The van der Waals surface area contributed by atoms with Crippen molar-refractivity contribution in [3.63, 3.8) is 0 Å². The zero-order valence-corrected chi connectivity index (χ0v) is 15.7. The maximum atomic E-state index is 14.3. The number of pyridine rings is 1. The Morgan fingerprint density at radius 3 is 2.45 bits per heavy atom. The highest BCUT2D eigenvalue weighted by Gasteiger charge is 2.18. The summed E-state index contributed by atoms with van der Waals surface area (Å²) < 4.78 is 39.4. The van der Waals surface area contributed by atoms with E-state index in [1.54, 1.807) is 6.92 Å². The Labute approximate surface area is 166 Å². The van der Waals surface area contributed by atoms with Gasteiger partial charge in [-0.3, -0.25) is 9.59 Å². The van der Waals surface area contributed by atoms with Crippen molar-refractivity contribution in [3.05, 3.63) is 64.0 Å². The first-order valence-electron chi connectivity index (χ1n) is 8.13. The van der Waals surface area contributed by atoms with Gasteiger partial charge in [0.2, 0.25) is 0 Å². The summed E-state index contributed by atoms with van der Waals surface area (Å²) in [6.07, 6.45) is -0.476. The van der Waals surface area contributed by atoms with Gasteiger partial charge in [-0.1, -0.05) is 11.3 Å². The summed E-state index contributed by atoms with van der Waals surface area (Å²) >= 11 is 0.979. The van der Waals surface area contributed by atoms with Crippen LogP contribution in [0.3, 0.4) is 0 Å². The minimum absolute atomic E-state index is 0.0231. The molecule has 0 fully saturated rings. The fourth-order valence-electron chi connectivity index (χ4n) is 2.35. The standard InChI is InChI=1S/C18H14F3N5O2S/c1-8-4-11(19)10(5-12(8)25-17(28)13-7-24-18(22)29-13)16(27)26-14-3-2-9(6-23-14)15(20)21/h2-7,15H,1H3,(H2,22,24)(H,25,28)(H,23,26,27). The highest BCUT2D eigenvalue weighted by molar-refractivity contribution is 7.17. The van der Waals surface area contributed by atoms with Crippen LogP contribution < -0.4 is 16.4 Å². The Morgan fingerprint density at radius 1 is 1.10 bits per heavy atom. The molecule has 0 spiro atoms. The summed E-state index contributed by atoms with van der Waals surface area (Å²) in [5, 5.41) is 5.12. The van der Waals surface area contributed by atoms with Gasteiger partial charge in [0.1, 0.15) is 16.5 Å². The third kappa shape index (κ3) is 4.69. The van der Waals surface area contributed by atoms with Gasteiger partial charge in [-0.05, 0) is 36.8 Å². The van der Waals surface area contributed by atoms with Crippen LogP contribution in [0.2, 0.25) is 0 Å². The normalized spacial score (nSPS) is 10.8. The number of aryl methyl sites for hydroxylation is 1. The van der Waals surface area contributed by atoms with Gasteiger partial charge in [0.25, 0.3) is 18.2 Å². The molecule has 29 heavy (non-hydrogen) atoms. The maximum Gasteiger partial charge on any atom is 0.267 e. The largest absolute Gasteiger partial charge is 0.375 e. The number of hydrogen-bond acceptors (Lipinski definition) is 6. The van der Waals surface area contributed by atoms with Gasteiger partial charge >= 0.3 is 0 Å². The number of anilines is 3. The molecule has 150 valence electrons. The maximum absolute atomic E-state index is 14.3. The molecule has 0 radical (unpaired) electrons. The highest BCUT2D eigenvalue weighted by atomic mass is 32.1. The van der Waals surface area contributed by atoms with Crippen LogP contribution in [0.1, 0.15) is 37.6 Å². The van der Waals surface area contributed by atoms with Gasteiger partial charge in [0, 0.05) is 17.4 Å². The van der Waals surface area contributed by atoms with E-state index in [9.17, 15) is 22.8 Å². The van der Waals surface area contributed by atoms with Crippen LogP contribution >= 0.6 is 11.3 Å². The number of thiazole rings is 1. The van der Waals surface area contributed by atoms with E-state index in [1.165, 1.54) is 18.3 Å². The number of hydrogen-bond donors (Lipinski definition) is 3. The monoisotopic (exact) mass is 421 g/mol. The molecule has 0 atom stereocenters. The summed E-state index contributed by atoms with van der Waals surface area (Å²) in [4.78, 5) is 32.4. The van der Waals surface area contributed by atoms with Gasteiger partial charge < -0.3 is 16.4 Å². The fourth-order valence-corrected chi connectivity index (χ4v) is 2.93. The number of alkyl halides is 2. The van der Waals surface area contributed by atoms with Crippen LogP contribution in [-0.4, -0.2) is 21.8 Å². The number of nitrogens with two attached hydrogens (primary N) is 1. The van der Waals surface area contributed by atoms with Crippen LogP contribution in [0.25, 0.3) is 0 Å². The summed E-state index contributed by atoms with van der Waals surface area (Å²) in [5.41, 5.74) is 5.45. The molecule has 0 aliphatic carbocycles. The third-order valence-electron chi connectivity index (χ3n) is 3.83. The number of nitrogen functional groups attached to an aromatic ring is 1. The Hall–Kier alpha value is -3.47. The zero-order chi connectivity index (χ0) is 21.1. The quantitative estimate of drug-likeness (QED) is 0.577. The topological polar surface area (TPSA) is 110 Å². The van der Waals surface area contributed by atoms with Gasteiger partial charge in [0.05, 0.1) is 11.8 Å². The van der Waals surface area contributed by atoms with E-state index in [2.05, 4.69) is 20.6 Å². The molecule has 0 saturated carbocycles. The molecular weight excluding hydrogens is 407 g/mol. The first-order chi connectivity index (χ1) is 13.7. The average Bonchev–Trinajstić information content (AvgIpc) is 3.10.